The number of aliphatic imine (C=N–C) groups is 1. The molecule has 0 unspecified atom stereocenters. The summed E-state index contributed by atoms with van der Waals surface area (Å²) in [7, 11) is 0. The van der Waals surface area contributed by atoms with Crippen molar-refractivity contribution < 1.29 is 4.39 Å². The quantitative estimate of drug-likeness (QED) is 0.832. The number of halogens is 1. The van der Waals surface area contributed by atoms with E-state index in [-0.39, 0.29) is 11.9 Å². The van der Waals surface area contributed by atoms with Gasteiger partial charge in [0.05, 0.1) is 5.84 Å². The Hall–Kier alpha value is -1.38. The van der Waals surface area contributed by atoms with E-state index < -0.39 is 0 Å². The van der Waals surface area contributed by atoms with Crippen LogP contribution < -0.4 is 5.32 Å². The van der Waals surface area contributed by atoms with Gasteiger partial charge in [-0.15, -0.1) is 0 Å². The van der Waals surface area contributed by atoms with E-state index in [1.165, 1.54) is 31.4 Å². The predicted octanol–water partition coefficient (Wildman–Crippen LogP) is 3.45. The highest BCUT2D eigenvalue weighted by Gasteiger charge is 2.09. The Labute approximate surface area is 102 Å². The number of nitrogens with zero attached hydrogens (tertiary/aromatic N) is 1. The molecule has 17 heavy (non-hydrogen) atoms. The van der Waals surface area contributed by atoms with Crippen LogP contribution in [0.4, 0.5) is 4.39 Å². The summed E-state index contributed by atoms with van der Waals surface area (Å²) in [5.74, 6) is 0.909. The lowest BCUT2D eigenvalue weighted by atomic mass is 10.1. The first-order valence-corrected chi connectivity index (χ1v) is 6.31. The van der Waals surface area contributed by atoms with E-state index in [1.54, 1.807) is 0 Å². The van der Waals surface area contributed by atoms with Gasteiger partial charge in [-0.2, -0.15) is 0 Å². The second kappa shape index (κ2) is 5.80. The molecule has 0 amide bonds. The molecule has 1 aliphatic heterocycles. The molecule has 1 N–H and O–H groups in total. The van der Waals surface area contributed by atoms with E-state index in [9.17, 15) is 4.39 Å². The number of nitrogens with one attached hydrogen (secondary N) is 1. The van der Waals surface area contributed by atoms with Crippen LogP contribution >= 0.6 is 0 Å². The van der Waals surface area contributed by atoms with Crippen molar-refractivity contribution >= 4 is 5.84 Å². The first-order chi connectivity index (χ1) is 8.25. The summed E-state index contributed by atoms with van der Waals surface area (Å²) < 4.78 is 12.8. The van der Waals surface area contributed by atoms with E-state index in [4.69, 9.17) is 0 Å². The van der Waals surface area contributed by atoms with Crippen LogP contribution in [0.25, 0.3) is 0 Å². The smallest absolute Gasteiger partial charge is 0.123 e. The molecule has 3 heteroatoms. The van der Waals surface area contributed by atoms with Gasteiger partial charge in [-0.25, -0.2) is 4.39 Å². The molecule has 0 spiro atoms. The zero-order valence-corrected chi connectivity index (χ0v) is 10.2. The van der Waals surface area contributed by atoms with Crippen molar-refractivity contribution in [2.75, 3.05) is 6.54 Å². The maximum atomic E-state index is 12.8. The lowest BCUT2D eigenvalue weighted by Crippen LogP contribution is -2.26. The number of benzene rings is 1. The molecule has 1 aromatic carbocycles. The standard InChI is InChI=1S/C14H19FN2/c1-11(12-6-8-13(15)9-7-12)17-14-5-3-2-4-10-16-14/h6-9,11H,2-5,10H2,1H3,(H,16,17)/t11-/m1/s1. The third-order valence-electron chi connectivity index (χ3n) is 3.13. The predicted molar refractivity (Wildman–Crippen MR) is 68.7 cm³/mol. The minimum absolute atomic E-state index is 0.187. The maximum Gasteiger partial charge on any atom is 0.123 e. The number of rotatable bonds is 2. The summed E-state index contributed by atoms with van der Waals surface area (Å²) in [4.78, 5) is 4.54. The highest BCUT2D eigenvalue weighted by molar-refractivity contribution is 5.82. The van der Waals surface area contributed by atoms with Crippen molar-refractivity contribution in [2.24, 2.45) is 4.99 Å². The zero-order valence-electron chi connectivity index (χ0n) is 10.2. The second-order valence-corrected chi connectivity index (χ2v) is 4.56. The van der Waals surface area contributed by atoms with E-state index in [0.717, 1.165) is 24.4 Å². The van der Waals surface area contributed by atoms with E-state index in [0.29, 0.717) is 0 Å². The van der Waals surface area contributed by atoms with E-state index in [1.807, 2.05) is 12.1 Å². The Morgan fingerprint density at radius 2 is 1.94 bits per heavy atom. The number of hydrogen-bond donors (Lipinski definition) is 1. The SMILES string of the molecule is C[C@@H](NC1=NCCCCC1)c1ccc(F)cc1. The fourth-order valence-corrected chi connectivity index (χ4v) is 2.08. The molecule has 0 saturated carbocycles. The molecule has 0 aliphatic carbocycles. The van der Waals surface area contributed by atoms with Gasteiger partial charge in [-0.3, -0.25) is 4.99 Å². The largest absolute Gasteiger partial charge is 0.367 e. The lowest BCUT2D eigenvalue weighted by molar-refractivity contribution is 0.623. The van der Waals surface area contributed by atoms with Gasteiger partial charge in [0, 0.05) is 19.0 Å². The molecule has 1 aromatic rings. The van der Waals surface area contributed by atoms with Crippen molar-refractivity contribution in [3.05, 3.63) is 35.6 Å². The van der Waals surface area contributed by atoms with Gasteiger partial charge in [-0.05, 0) is 37.5 Å². The van der Waals surface area contributed by atoms with Crippen LogP contribution in [-0.4, -0.2) is 12.4 Å². The van der Waals surface area contributed by atoms with Crippen molar-refractivity contribution in [2.45, 2.75) is 38.6 Å². The molecular formula is C14H19FN2. The van der Waals surface area contributed by atoms with Crippen molar-refractivity contribution in [3.63, 3.8) is 0 Å². The van der Waals surface area contributed by atoms with Crippen LogP contribution in [0.5, 0.6) is 0 Å². The monoisotopic (exact) mass is 234 g/mol. The van der Waals surface area contributed by atoms with Crippen molar-refractivity contribution in [3.8, 4) is 0 Å². The Bertz CT molecular complexity index is 384. The van der Waals surface area contributed by atoms with Crippen LogP contribution in [0, 0.1) is 5.82 Å². The van der Waals surface area contributed by atoms with Crippen LogP contribution in [0.3, 0.4) is 0 Å². The van der Waals surface area contributed by atoms with Crippen LogP contribution in [0.15, 0.2) is 29.3 Å². The summed E-state index contributed by atoms with van der Waals surface area (Å²) in [5, 5.41) is 3.42. The molecule has 0 saturated heterocycles. The molecule has 0 fully saturated rings. The second-order valence-electron chi connectivity index (χ2n) is 4.56. The minimum Gasteiger partial charge on any atom is -0.367 e. The van der Waals surface area contributed by atoms with Gasteiger partial charge in [0.2, 0.25) is 0 Å². The first kappa shape index (κ1) is 12.1. The minimum atomic E-state index is -0.187. The Kier molecular flexibility index (Phi) is 4.13. The highest BCUT2D eigenvalue weighted by Crippen LogP contribution is 2.14. The van der Waals surface area contributed by atoms with Gasteiger partial charge >= 0.3 is 0 Å². The Morgan fingerprint density at radius 1 is 1.18 bits per heavy atom. The van der Waals surface area contributed by atoms with Gasteiger partial charge in [0.1, 0.15) is 5.82 Å². The fourth-order valence-electron chi connectivity index (χ4n) is 2.08. The zero-order chi connectivity index (χ0) is 12.1. The van der Waals surface area contributed by atoms with Gasteiger partial charge in [0.15, 0.2) is 0 Å². The average molecular weight is 234 g/mol. The van der Waals surface area contributed by atoms with Gasteiger partial charge in [0.25, 0.3) is 0 Å². The summed E-state index contributed by atoms with van der Waals surface area (Å²) in [6, 6.07) is 6.84. The third kappa shape index (κ3) is 3.55. The lowest BCUT2D eigenvalue weighted by Gasteiger charge is -2.16. The van der Waals surface area contributed by atoms with E-state index >= 15 is 0 Å². The fraction of sp³-hybridized carbons (Fsp3) is 0.500. The first-order valence-electron chi connectivity index (χ1n) is 6.31. The molecule has 2 nitrogen and oxygen atoms in total. The molecule has 0 radical (unpaired) electrons. The normalized spacial score (nSPS) is 18.1. The molecular weight excluding hydrogens is 215 g/mol. The topological polar surface area (TPSA) is 24.4 Å². The molecule has 0 bridgehead atoms. The molecule has 0 aromatic heterocycles. The van der Waals surface area contributed by atoms with E-state index in [2.05, 4.69) is 17.2 Å². The van der Waals surface area contributed by atoms with Crippen LogP contribution in [0.2, 0.25) is 0 Å². The molecule has 1 aliphatic rings. The summed E-state index contributed by atoms with van der Waals surface area (Å²) in [6.45, 7) is 3.01. The van der Waals surface area contributed by atoms with Crippen LogP contribution in [0.1, 0.15) is 44.2 Å². The summed E-state index contributed by atoms with van der Waals surface area (Å²) in [6.07, 6.45) is 4.70. The molecule has 2 rings (SSSR count). The van der Waals surface area contributed by atoms with Crippen molar-refractivity contribution in [1.29, 1.82) is 0 Å². The number of hydrogen-bond acceptors (Lipinski definition) is 2. The average Bonchev–Trinajstić information content (AvgIpc) is 2.58. The maximum absolute atomic E-state index is 12.8. The highest BCUT2D eigenvalue weighted by atomic mass is 19.1. The summed E-state index contributed by atoms with van der Waals surface area (Å²) in [5.41, 5.74) is 1.10. The van der Waals surface area contributed by atoms with Gasteiger partial charge < -0.3 is 5.32 Å². The Morgan fingerprint density at radius 3 is 2.71 bits per heavy atom. The van der Waals surface area contributed by atoms with Crippen LogP contribution in [-0.2, 0) is 0 Å². The number of amidine groups is 1. The third-order valence-corrected chi connectivity index (χ3v) is 3.13. The van der Waals surface area contributed by atoms with Crippen molar-refractivity contribution in [1.82, 2.24) is 5.32 Å². The molecule has 1 heterocycles. The molecule has 92 valence electrons. The summed E-state index contributed by atoms with van der Waals surface area (Å²) >= 11 is 0. The Balaban J connectivity index is 1.98. The molecule has 1 atom stereocenters. The van der Waals surface area contributed by atoms with Gasteiger partial charge in [-0.1, -0.05) is 18.6 Å².